The lowest BCUT2D eigenvalue weighted by Gasteiger charge is -2.05. The number of para-hydroxylation sites is 1. The first-order chi connectivity index (χ1) is 10.1. The van der Waals surface area contributed by atoms with Gasteiger partial charge in [0.15, 0.2) is 0 Å². The molecule has 2 aromatic rings. The SMILES string of the molecule is O=C(CNc1ccccc1F)N/N=C\c1ccc(Br)cc1. The van der Waals surface area contributed by atoms with E-state index in [0.29, 0.717) is 0 Å². The number of benzene rings is 2. The third kappa shape index (κ3) is 5.00. The van der Waals surface area contributed by atoms with Gasteiger partial charge < -0.3 is 5.32 Å². The number of hydrazone groups is 1. The lowest BCUT2D eigenvalue weighted by Crippen LogP contribution is -2.26. The molecule has 108 valence electrons. The minimum atomic E-state index is -0.399. The quantitative estimate of drug-likeness (QED) is 0.643. The zero-order valence-corrected chi connectivity index (χ0v) is 12.6. The van der Waals surface area contributed by atoms with Crippen molar-refractivity contribution < 1.29 is 9.18 Å². The number of hydrogen-bond acceptors (Lipinski definition) is 3. The molecule has 0 saturated carbocycles. The van der Waals surface area contributed by atoms with Crippen LogP contribution in [-0.4, -0.2) is 18.7 Å². The van der Waals surface area contributed by atoms with E-state index in [9.17, 15) is 9.18 Å². The van der Waals surface area contributed by atoms with Gasteiger partial charge in [0.05, 0.1) is 18.4 Å². The third-order valence-electron chi connectivity index (χ3n) is 2.59. The van der Waals surface area contributed by atoms with Gasteiger partial charge in [-0.15, -0.1) is 0 Å². The maximum atomic E-state index is 13.3. The number of nitrogens with one attached hydrogen (secondary N) is 2. The van der Waals surface area contributed by atoms with Crippen molar-refractivity contribution in [3.05, 3.63) is 64.4 Å². The molecule has 0 aliphatic carbocycles. The summed E-state index contributed by atoms with van der Waals surface area (Å²) in [6.07, 6.45) is 1.54. The molecule has 0 bridgehead atoms. The largest absolute Gasteiger partial charge is 0.374 e. The highest BCUT2D eigenvalue weighted by atomic mass is 79.9. The van der Waals surface area contributed by atoms with Crippen molar-refractivity contribution in [1.82, 2.24) is 5.43 Å². The maximum Gasteiger partial charge on any atom is 0.259 e. The molecule has 0 spiro atoms. The van der Waals surface area contributed by atoms with E-state index >= 15 is 0 Å². The molecule has 0 atom stereocenters. The second-order valence-corrected chi connectivity index (χ2v) is 5.09. The van der Waals surface area contributed by atoms with Crippen LogP contribution in [0, 0.1) is 5.82 Å². The smallest absolute Gasteiger partial charge is 0.259 e. The Kier molecular flexibility index (Phi) is 5.45. The van der Waals surface area contributed by atoms with Gasteiger partial charge in [0.25, 0.3) is 5.91 Å². The van der Waals surface area contributed by atoms with Crippen LogP contribution in [0.1, 0.15) is 5.56 Å². The molecule has 0 aliphatic heterocycles. The Labute approximate surface area is 130 Å². The molecular weight excluding hydrogens is 337 g/mol. The minimum absolute atomic E-state index is 0.0569. The van der Waals surface area contributed by atoms with Crippen molar-refractivity contribution in [3.63, 3.8) is 0 Å². The first kappa shape index (κ1) is 15.2. The van der Waals surface area contributed by atoms with Crippen LogP contribution in [0.2, 0.25) is 0 Å². The monoisotopic (exact) mass is 349 g/mol. The Balaban J connectivity index is 1.80. The fourth-order valence-corrected chi connectivity index (χ4v) is 1.81. The van der Waals surface area contributed by atoms with Crippen LogP contribution in [0.5, 0.6) is 0 Å². The van der Waals surface area contributed by atoms with E-state index in [2.05, 4.69) is 31.8 Å². The number of carbonyl (C=O) groups is 1. The van der Waals surface area contributed by atoms with Crippen LogP contribution >= 0.6 is 15.9 Å². The van der Waals surface area contributed by atoms with Crippen molar-refractivity contribution >= 4 is 33.7 Å². The predicted octanol–water partition coefficient (Wildman–Crippen LogP) is 3.15. The van der Waals surface area contributed by atoms with Gasteiger partial charge in [-0.1, -0.05) is 40.2 Å². The van der Waals surface area contributed by atoms with Gasteiger partial charge in [-0.3, -0.25) is 4.79 Å². The van der Waals surface area contributed by atoms with E-state index < -0.39 is 5.82 Å². The molecule has 1 amide bonds. The second-order valence-electron chi connectivity index (χ2n) is 4.18. The van der Waals surface area contributed by atoms with Crippen molar-refractivity contribution in [1.29, 1.82) is 0 Å². The molecular formula is C15H13BrFN3O. The molecule has 21 heavy (non-hydrogen) atoms. The molecule has 0 unspecified atom stereocenters. The normalized spacial score (nSPS) is 10.6. The molecule has 4 nitrogen and oxygen atoms in total. The summed E-state index contributed by atoms with van der Waals surface area (Å²) in [5.41, 5.74) is 3.51. The van der Waals surface area contributed by atoms with Crippen LogP contribution < -0.4 is 10.7 Å². The van der Waals surface area contributed by atoms with E-state index in [1.165, 1.54) is 12.3 Å². The van der Waals surface area contributed by atoms with Gasteiger partial charge in [0.2, 0.25) is 0 Å². The van der Waals surface area contributed by atoms with E-state index in [-0.39, 0.29) is 18.1 Å². The molecule has 2 N–H and O–H groups in total. The standard InChI is InChI=1S/C15H13BrFN3O/c16-12-7-5-11(6-8-12)9-19-20-15(21)10-18-14-4-2-1-3-13(14)17/h1-9,18H,10H2,(H,20,21)/b19-9-. The molecule has 0 heterocycles. The van der Waals surface area contributed by atoms with E-state index in [0.717, 1.165) is 10.0 Å². The van der Waals surface area contributed by atoms with E-state index in [1.54, 1.807) is 18.2 Å². The molecule has 0 fully saturated rings. The summed E-state index contributed by atoms with van der Waals surface area (Å²) in [6.45, 7) is -0.0569. The van der Waals surface area contributed by atoms with Crippen LogP contribution in [0.3, 0.4) is 0 Å². The molecule has 0 aliphatic rings. The molecule has 0 aromatic heterocycles. The number of rotatable bonds is 5. The number of carbonyl (C=O) groups excluding carboxylic acids is 1. The highest BCUT2D eigenvalue weighted by Crippen LogP contribution is 2.11. The van der Waals surface area contributed by atoms with Crippen LogP contribution in [0.4, 0.5) is 10.1 Å². The topological polar surface area (TPSA) is 53.5 Å². The van der Waals surface area contributed by atoms with Gasteiger partial charge >= 0.3 is 0 Å². The van der Waals surface area contributed by atoms with Crippen LogP contribution in [0.15, 0.2) is 58.1 Å². The number of nitrogens with zero attached hydrogens (tertiary/aromatic N) is 1. The van der Waals surface area contributed by atoms with Gasteiger partial charge in [0.1, 0.15) is 5.82 Å². The summed E-state index contributed by atoms with van der Waals surface area (Å²) in [7, 11) is 0. The average molecular weight is 350 g/mol. The molecule has 6 heteroatoms. The zero-order valence-electron chi connectivity index (χ0n) is 11.0. The molecule has 0 saturated heterocycles. The number of halogens is 2. The minimum Gasteiger partial charge on any atom is -0.374 e. The lowest BCUT2D eigenvalue weighted by atomic mass is 10.2. The van der Waals surface area contributed by atoms with Gasteiger partial charge in [-0.05, 0) is 29.8 Å². The summed E-state index contributed by atoms with van der Waals surface area (Å²) < 4.78 is 14.3. The van der Waals surface area contributed by atoms with Crippen molar-refractivity contribution in [2.24, 2.45) is 5.10 Å². The van der Waals surface area contributed by atoms with Crippen molar-refractivity contribution in [2.75, 3.05) is 11.9 Å². The van der Waals surface area contributed by atoms with Crippen molar-refractivity contribution in [3.8, 4) is 0 Å². The van der Waals surface area contributed by atoms with Gasteiger partial charge in [0, 0.05) is 4.47 Å². The fourth-order valence-electron chi connectivity index (χ4n) is 1.55. The van der Waals surface area contributed by atoms with E-state index in [4.69, 9.17) is 0 Å². The van der Waals surface area contributed by atoms with Crippen molar-refractivity contribution in [2.45, 2.75) is 0 Å². The summed E-state index contributed by atoms with van der Waals surface area (Å²) in [5, 5.41) is 6.53. The molecule has 2 rings (SSSR count). The number of anilines is 1. The first-order valence-electron chi connectivity index (χ1n) is 6.21. The summed E-state index contributed by atoms with van der Waals surface area (Å²) in [4.78, 5) is 11.6. The van der Waals surface area contributed by atoms with E-state index in [1.807, 2.05) is 24.3 Å². The highest BCUT2D eigenvalue weighted by Gasteiger charge is 2.02. The number of amides is 1. The van der Waals surface area contributed by atoms with Gasteiger partial charge in [-0.25, -0.2) is 9.82 Å². The first-order valence-corrected chi connectivity index (χ1v) is 7.00. The Bertz CT molecular complexity index is 644. The summed E-state index contributed by atoms with van der Waals surface area (Å²) >= 11 is 3.33. The Hall–Kier alpha value is -2.21. The molecule has 0 radical (unpaired) electrons. The Morgan fingerprint density at radius 1 is 1.19 bits per heavy atom. The lowest BCUT2D eigenvalue weighted by molar-refractivity contribution is -0.119. The van der Waals surface area contributed by atoms with Crippen LogP contribution in [0.25, 0.3) is 0 Å². The maximum absolute atomic E-state index is 13.3. The fraction of sp³-hybridized carbons (Fsp3) is 0.0667. The second kappa shape index (κ2) is 7.54. The van der Waals surface area contributed by atoms with Crippen LogP contribution in [-0.2, 0) is 4.79 Å². The summed E-state index contributed by atoms with van der Waals surface area (Å²) in [6, 6.07) is 13.6. The Morgan fingerprint density at radius 3 is 2.62 bits per heavy atom. The zero-order chi connectivity index (χ0) is 15.1. The third-order valence-corrected chi connectivity index (χ3v) is 3.11. The molecule has 2 aromatic carbocycles. The summed E-state index contributed by atoms with van der Waals surface area (Å²) in [5.74, 6) is -0.754. The highest BCUT2D eigenvalue weighted by molar-refractivity contribution is 9.10. The predicted molar refractivity (Wildman–Crippen MR) is 84.8 cm³/mol. The van der Waals surface area contributed by atoms with Gasteiger partial charge in [-0.2, -0.15) is 5.10 Å². The average Bonchev–Trinajstić information content (AvgIpc) is 2.48. The number of hydrogen-bond donors (Lipinski definition) is 2. The Morgan fingerprint density at radius 2 is 1.90 bits per heavy atom.